The molecule has 5 nitrogen and oxygen atoms in total. The molecule has 0 radical (unpaired) electrons. The second-order valence-corrected chi connectivity index (χ2v) is 8.18. The summed E-state index contributed by atoms with van der Waals surface area (Å²) in [5.74, 6) is 1.07. The minimum Gasteiger partial charge on any atom is -0.363 e. The molecular weight excluding hydrogens is 354 g/mol. The van der Waals surface area contributed by atoms with Gasteiger partial charge in [-0.3, -0.25) is 4.79 Å². The van der Waals surface area contributed by atoms with Crippen molar-refractivity contribution in [1.29, 1.82) is 0 Å². The number of nitrogens with zero attached hydrogens (tertiary/aromatic N) is 3. The fourth-order valence-corrected chi connectivity index (χ4v) is 5.01. The second kappa shape index (κ2) is 5.79. The van der Waals surface area contributed by atoms with E-state index in [2.05, 4.69) is 26.4 Å². The van der Waals surface area contributed by atoms with Crippen LogP contribution in [0, 0.1) is 0 Å². The van der Waals surface area contributed by atoms with Gasteiger partial charge in [0.1, 0.15) is 18.0 Å². The maximum atomic E-state index is 12.6. The van der Waals surface area contributed by atoms with Crippen LogP contribution in [0.2, 0.25) is 0 Å². The Balaban J connectivity index is 1.40. The molecule has 2 aliphatic rings. The molecule has 0 N–H and O–H groups in total. The Labute approximate surface area is 153 Å². The lowest BCUT2D eigenvalue weighted by atomic mass is 10.0. The van der Waals surface area contributed by atoms with Crippen LogP contribution in [-0.4, -0.2) is 39.0 Å². The Morgan fingerprint density at radius 2 is 2.08 bits per heavy atom. The first kappa shape index (κ1) is 15.3. The predicted octanol–water partition coefficient (Wildman–Crippen LogP) is 3.49. The van der Waals surface area contributed by atoms with Crippen molar-refractivity contribution < 1.29 is 9.53 Å². The molecule has 25 heavy (non-hydrogen) atoms. The van der Waals surface area contributed by atoms with Crippen LogP contribution in [0.15, 0.2) is 39.8 Å². The van der Waals surface area contributed by atoms with Crippen LogP contribution in [0.5, 0.6) is 0 Å². The van der Waals surface area contributed by atoms with Gasteiger partial charge in [0.05, 0.1) is 30.5 Å². The molecule has 2 aliphatic heterocycles. The standard InChI is InChI=1S/C18H17N3O2S2/c22-17(14-2-6-25-10-14)20-4-3-18(11-20)12-21-15(13-1-5-24-9-13)7-19-16(21)8-23-18/h1-2,5-7,9-10H,3-4,8,11-12H2/t18-/m1/s1. The lowest BCUT2D eigenvalue weighted by Crippen LogP contribution is -2.45. The zero-order valence-electron chi connectivity index (χ0n) is 13.6. The Morgan fingerprint density at radius 3 is 2.88 bits per heavy atom. The summed E-state index contributed by atoms with van der Waals surface area (Å²) in [4.78, 5) is 19.1. The van der Waals surface area contributed by atoms with Crippen molar-refractivity contribution in [3.63, 3.8) is 0 Å². The highest BCUT2D eigenvalue weighted by molar-refractivity contribution is 7.08. The van der Waals surface area contributed by atoms with E-state index < -0.39 is 0 Å². The number of carbonyl (C=O) groups excluding carboxylic acids is 1. The molecule has 1 atom stereocenters. The number of hydrogen-bond acceptors (Lipinski definition) is 5. The molecule has 7 heteroatoms. The number of aromatic nitrogens is 2. The quantitative estimate of drug-likeness (QED) is 0.693. The fourth-order valence-electron chi connectivity index (χ4n) is 3.73. The van der Waals surface area contributed by atoms with Crippen LogP contribution in [0.3, 0.4) is 0 Å². The molecule has 0 unspecified atom stereocenters. The number of likely N-dealkylation sites (tertiary alicyclic amines) is 1. The van der Waals surface area contributed by atoms with Gasteiger partial charge in [0.15, 0.2) is 0 Å². The van der Waals surface area contributed by atoms with E-state index in [0.29, 0.717) is 13.2 Å². The predicted molar refractivity (Wildman–Crippen MR) is 97.9 cm³/mol. The minimum absolute atomic E-state index is 0.108. The molecule has 1 saturated heterocycles. The molecule has 1 spiro atoms. The zero-order chi connectivity index (χ0) is 16.9. The number of amides is 1. The summed E-state index contributed by atoms with van der Waals surface area (Å²) in [5, 5.41) is 8.09. The maximum Gasteiger partial charge on any atom is 0.254 e. The summed E-state index contributed by atoms with van der Waals surface area (Å²) >= 11 is 3.25. The number of ether oxygens (including phenoxy) is 1. The van der Waals surface area contributed by atoms with Gasteiger partial charge in [-0.15, -0.1) is 0 Å². The average Bonchev–Trinajstić information content (AvgIpc) is 3.41. The maximum absolute atomic E-state index is 12.6. The van der Waals surface area contributed by atoms with Crippen molar-refractivity contribution in [2.75, 3.05) is 13.1 Å². The number of fused-ring (bicyclic) bond motifs is 1. The molecular formula is C18H17N3O2S2. The van der Waals surface area contributed by atoms with Gasteiger partial charge in [-0.05, 0) is 29.3 Å². The van der Waals surface area contributed by atoms with Crippen molar-refractivity contribution in [2.24, 2.45) is 0 Å². The third-order valence-corrected chi connectivity index (χ3v) is 6.45. The van der Waals surface area contributed by atoms with E-state index in [4.69, 9.17) is 4.74 Å². The van der Waals surface area contributed by atoms with Crippen molar-refractivity contribution >= 4 is 28.6 Å². The third kappa shape index (κ3) is 2.54. The zero-order valence-corrected chi connectivity index (χ0v) is 15.2. The molecule has 0 aliphatic carbocycles. The highest BCUT2D eigenvalue weighted by atomic mass is 32.1. The molecule has 3 aromatic heterocycles. The van der Waals surface area contributed by atoms with Gasteiger partial charge in [0.25, 0.3) is 5.91 Å². The monoisotopic (exact) mass is 371 g/mol. The molecule has 3 aromatic rings. The van der Waals surface area contributed by atoms with E-state index in [9.17, 15) is 4.79 Å². The van der Waals surface area contributed by atoms with Crippen molar-refractivity contribution in [1.82, 2.24) is 14.5 Å². The fraction of sp³-hybridized carbons (Fsp3) is 0.333. The average molecular weight is 371 g/mol. The minimum atomic E-state index is -0.301. The Morgan fingerprint density at radius 1 is 1.20 bits per heavy atom. The van der Waals surface area contributed by atoms with Gasteiger partial charge >= 0.3 is 0 Å². The number of thiophene rings is 2. The number of carbonyl (C=O) groups is 1. The SMILES string of the molecule is O=C(c1ccsc1)N1CC[C@@]2(C1)Cn1c(-c3ccsc3)cnc1CO2. The lowest BCUT2D eigenvalue weighted by molar-refractivity contribution is -0.0804. The number of imidazole rings is 1. The molecule has 0 aromatic carbocycles. The van der Waals surface area contributed by atoms with E-state index in [0.717, 1.165) is 36.6 Å². The van der Waals surface area contributed by atoms with Gasteiger partial charge < -0.3 is 14.2 Å². The largest absolute Gasteiger partial charge is 0.363 e. The molecule has 5 rings (SSSR count). The highest BCUT2D eigenvalue weighted by Gasteiger charge is 2.44. The van der Waals surface area contributed by atoms with Crippen molar-refractivity contribution in [2.45, 2.75) is 25.2 Å². The van der Waals surface area contributed by atoms with Gasteiger partial charge in [-0.1, -0.05) is 0 Å². The normalized spacial score (nSPS) is 22.5. The second-order valence-electron chi connectivity index (χ2n) is 6.62. The summed E-state index contributed by atoms with van der Waals surface area (Å²) < 4.78 is 8.48. The third-order valence-electron chi connectivity index (χ3n) is 5.08. The molecule has 1 fully saturated rings. The Hall–Kier alpha value is -1.96. The molecule has 1 amide bonds. The summed E-state index contributed by atoms with van der Waals surface area (Å²) in [7, 11) is 0. The van der Waals surface area contributed by atoms with E-state index >= 15 is 0 Å². The van der Waals surface area contributed by atoms with E-state index in [1.54, 1.807) is 22.7 Å². The van der Waals surface area contributed by atoms with Crippen molar-refractivity contribution in [3.8, 4) is 11.3 Å². The molecule has 0 bridgehead atoms. The summed E-state index contributed by atoms with van der Waals surface area (Å²) in [6.07, 6.45) is 2.80. The van der Waals surface area contributed by atoms with Crippen molar-refractivity contribution in [3.05, 3.63) is 51.2 Å². The van der Waals surface area contributed by atoms with Crippen LogP contribution in [-0.2, 0) is 17.9 Å². The van der Waals surface area contributed by atoms with E-state index in [1.807, 2.05) is 27.9 Å². The van der Waals surface area contributed by atoms with Gasteiger partial charge in [-0.2, -0.15) is 22.7 Å². The number of rotatable bonds is 2. The first-order chi connectivity index (χ1) is 12.2. The van der Waals surface area contributed by atoms with Crippen LogP contribution in [0.1, 0.15) is 22.6 Å². The van der Waals surface area contributed by atoms with Gasteiger partial charge in [-0.25, -0.2) is 4.98 Å². The smallest absolute Gasteiger partial charge is 0.254 e. The molecule has 0 saturated carbocycles. The van der Waals surface area contributed by atoms with Gasteiger partial charge in [0, 0.05) is 22.9 Å². The summed E-state index contributed by atoms with van der Waals surface area (Å²) in [6, 6.07) is 4.01. The first-order valence-corrected chi connectivity index (χ1v) is 10.2. The Kier molecular flexibility index (Phi) is 3.55. The van der Waals surface area contributed by atoms with Crippen LogP contribution in [0.4, 0.5) is 0 Å². The van der Waals surface area contributed by atoms with Crippen LogP contribution < -0.4 is 0 Å². The Bertz CT molecular complexity index is 901. The van der Waals surface area contributed by atoms with E-state index in [-0.39, 0.29) is 11.5 Å². The summed E-state index contributed by atoms with van der Waals surface area (Å²) in [6.45, 7) is 2.64. The van der Waals surface area contributed by atoms with E-state index in [1.165, 1.54) is 5.56 Å². The highest BCUT2D eigenvalue weighted by Crippen LogP contribution is 2.36. The summed E-state index contributed by atoms with van der Waals surface area (Å²) in [5.41, 5.74) is 2.82. The van der Waals surface area contributed by atoms with Crippen LogP contribution in [0.25, 0.3) is 11.3 Å². The molecule has 5 heterocycles. The number of hydrogen-bond donors (Lipinski definition) is 0. The first-order valence-electron chi connectivity index (χ1n) is 8.27. The molecule has 128 valence electrons. The van der Waals surface area contributed by atoms with Crippen LogP contribution >= 0.6 is 22.7 Å². The lowest BCUT2D eigenvalue weighted by Gasteiger charge is -2.35. The van der Waals surface area contributed by atoms with Gasteiger partial charge in [0.2, 0.25) is 0 Å². The topological polar surface area (TPSA) is 47.4 Å².